The van der Waals surface area contributed by atoms with Gasteiger partial charge >= 0.3 is 6.09 Å². The third kappa shape index (κ3) is 5.23. The van der Waals surface area contributed by atoms with E-state index in [1.165, 1.54) is 10.6 Å². The fraction of sp³-hybridized carbons (Fsp3) is 0.148. The Morgan fingerprint density at radius 1 is 0.886 bits per heavy atom. The Balaban J connectivity index is 1.31. The number of hydrogen-bond acceptors (Lipinski definition) is 6. The van der Waals surface area contributed by atoms with Crippen molar-refractivity contribution in [1.29, 1.82) is 0 Å². The SMILES string of the molecule is O=C(O)N(c1ccccc1)c1ccc(-c2ccnc(Nc3ccc(N4CCOCC4)cc3)n2)cc1. The Hall–Kier alpha value is -4.43. The van der Waals surface area contributed by atoms with Crippen molar-refractivity contribution in [3.8, 4) is 11.3 Å². The van der Waals surface area contributed by atoms with Crippen LogP contribution in [0.3, 0.4) is 0 Å². The zero-order valence-corrected chi connectivity index (χ0v) is 19.0. The first kappa shape index (κ1) is 22.4. The molecule has 0 spiro atoms. The first-order valence-electron chi connectivity index (χ1n) is 11.4. The van der Waals surface area contributed by atoms with Gasteiger partial charge in [0.2, 0.25) is 5.95 Å². The molecular formula is C27H25N5O3. The summed E-state index contributed by atoms with van der Waals surface area (Å²) in [6, 6.07) is 26.3. The van der Waals surface area contributed by atoms with Crippen LogP contribution in [0, 0.1) is 0 Å². The van der Waals surface area contributed by atoms with Gasteiger partial charge in [0.05, 0.1) is 30.3 Å². The Bertz CT molecular complexity index is 1270. The van der Waals surface area contributed by atoms with Crippen molar-refractivity contribution in [1.82, 2.24) is 9.97 Å². The molecule has 35 heavy (non-hydrogen) atoms. The maximum atomic E-state index is 11.9. The highest BCUT2D eigenvalue weighted by molar-refractivity contribution is 5.95. The van der Waals surface area contributed by atoms with Crippen LogP contribution in [0.5, 0.6) is 0 Å². The summed E-state index contributed by atoms with van der Waals surface area (Å²) in [6.45, 7) is 3.29. The normalized spacial score (nSPS) is 13.3. The van der Waals surface area contributed by atoms with E-state index in [2.05, 4.69) is 32.3 Å². The number of para-hydroxylation sites is 1. The van der Waals surface area contributed by atoms with Gasteiger partial charge in [-0.2, -0.15) is 0 Å². The van der Waals surface area contributed by atoms with Crippen molar-refractivity contribution < 1.29 is 14.6 Å². The second kappa shape index (κ2) is 10.2. The molecule has 0 atom stereocenters. The van der Waals surface area contributed by atoms with Crippen LogP contribution in [0.15, 0.2) is 91.1 Å². The van der Waals surface area contributed by atoms with Crippen LogP contribution in [0.25, 0.3) is 11.3 Å². The average molecular weight is 468 g/mol. The monoisotopic (exact) mass is 467 g/mol. The number of hydrogen-bond donors (Lipinski definition) is 2. The minimum atomic E-state index is -1.04. The van der Waals surface area contributed by atoms with Crippen LogP contribution in [0.4, 0.5) is 33.5 Å². The summed E-state index contributed by atoms with van der Waals surface area (Å²) < 4.78 is 5.42. The number of amides is 1. The number of carbonyl (C=O) groups is 1. The molecule has 0 bridgehead atoms. The topological polar surface area (TPSA) is 90.8 Å². The summed E-state index contributed by atoms with van der Waals surface area (Å²) in [6.07, 6.45) is 0.658. The first-order chi connectivity index (χ1) is 17.2. The summed E-state index contributed by atoms with van der Waals surface area (Å²) in [5.41, 5.74) is 4.80. The molecule has 1 aliphatic heterocycles. The number of carboxylic acid groups (broad SMARTS) is 1. The molecule has 0 unspecified atom stereocenters. The number of ether oxygens (including phenoxy) is 1. The highest BCUT2D eigenvalue weighted by Gasteiger charge is 2.17. The van der Waals surface area contributed by atoms with Gasteiger partial charge in [0.1, 0.15) is 0 Å². The third-order valence-electron chi connectivity index (χ3n) is 5.78. The minimum Gasteiger partial charge on any atom is -0.464 e. The molecule has 2 N–H and O–H groups in total. The van der Waals surface area contributed by atoms with Crippen molar-refractivity contribution in [2.45, 2.75) is 0 Å². The molecular weight excluding hydrogens is 442 g/mol. The predicted octanol–water partition coefficient (Wildman–Crippen LogP) is 5.54. The Morgan fingerprint density at radius 2 is 1.57 bits per heavy atom. The average Bonchev–Trinajstić information content (AvgIpc) is 2.91. The van der Waals surface area contributed by atoms with E-state index in [1.54, 1.807) is 30.5 Å². The van der Waals surface area contributed by atoms with E-state index in [-0.39, 0.29) is 0 Å². The third-order valence-corrected chi connectivity index (χ3v) is 5.78. The number of aromatic nitrogens is 2. The number of anilines is 5. The van der Waals surface area contributed by atoms with Crippen molar-refractivity contribution >= 4 is 34.8 Å². The van der Waals surface area contributed by atoms with Crippen molar-refractivity contribution in [2.75, 3.05) is 41.4 Å². The van der Waals surface area contributed by atoms with Gasteiger partial charge in [0, 0.05) is 36.2 Å². The van der Waals surface area contributed by atoms with Gasteiger partial charge < -0.3 is 20.1 Å². The molecule has 3 aromatic carbocycles. The van der Waals surface area contributed by atoms with Crippen molar-refractivity contribution in [3.63, 3.8) is 0 Å². The van der Waals surface area contributed by atoms with Crippen molar-refractivity contribution in [2.24, 2.45) is 0 Å². The lowest BCUT2D eigenvalue weighted by Gasteiger charge is -2.28. The van der Waals surface area contributed by atoms with Gasteiger partial charge in [-0.25, -0.2) is 19.7 Å². The minimum absolute atomic E-state index is 0.488. The molecule has 8 heteroatoms. The quantitative estimate of drug-likeness (QED) is 0.385. The van der Waals surface area contributed by atoms with Crippen LogP contribution >= 0.6 is 0 Å². The maximum absolute atomic E-state index is 11.9. The number of nitrogens with zero attached hydrogens (tertiary/aromatic N) is 4. The Labute approximate surface area is 203 Å². The fourth-order valence-electron chi connectivity index (χ4n) is 4.01. The molecule has 0 radical (unpaired) electrons. The van der Waals surface area contributed by atoms with E-state index >= 15 is 0 Å². The second-order valence-electron chi connectivity index (χ2n) is 8.04. The zero-order valence-electron chi connectivity index (χ0n) is 19.0. The Kier molecular flexibility index (Phi) is 6.54. The molecule has 1 aromatic heterocycles. The predicted molar refractivity (Wildman–Crippen MR) is 137 cm³/mol. The van der Waals surface area contributed by atoms with E-state index in [1.807, 2.05) is 48.5 Å². The van der Waals surface area contributed by atoms with E-state index in [0.717, 1.165) is 43.2 Å². The van der Waals surface area contributed by atoms with Crippen LogP contribution in [0.1, 0.15) is 0 Å². The lowest BCUT2D eigenvalue weighted by molar-refractivity contribution is 0.122. The maximum Gasteiger partial charge on any atom is 0.416 e. The zero-order chi connectivity index (χ0) is 24.0. The van der Waals surface area contributed by atoms with Gasteiger partial charge in [-0.1, -0.05) is 30.3 Å². The highest BCUT2D eigenvalue weighted by atomic mass is 16.5. The van der Waals surface area contributed by atoms with Gasteiger partial charge in [-0.15, -0.1) is 0 Å². The molecule has 1 aliphatic rings. The van der Waals surface area contributed by atoms with Crippen LogP contribution in [0.2, 0.25) is 0 Å². The molecule has 0 saturated carbocycles. The molecule has 1 amide bonds. The molecule has 2 heterocycles. The van der Waals surface area contributed by atoms with Gasteiger partial charge in [-0.3, -0.25) is 0 Å². The summed E-state index contributed by atoms with van der Waals surface area (Å²) in [5.74, 6) is 0.488. The highest BCUT2D eigenvalue weighted by Crippen LogP contribution is 2.28. The lowest BCUT2D eigenvalue weighted by Crippen LogP contribution is -2.36. The summed E-state index contributed by atoms with van der Waals surface area (Å²) in [4.78, 5) is 24.4. The summed E-state index contributed by atoms with van der Waals surface area (Å²) >= 11 is 0. The number of nitrogens with one attached hydrogen (secondary N) is 1. The largest absolute Gasteiger partial charge is 0.464 e. The van der Waals surface area contributed by atoms with Crippen molar-refractivity contribution in [3.05, 3.63) is 91.1 Å². The molecule has 5 rings (SSSR count). The van der Waals surface area contributed by atoms with E-state index < -0.39 is 6.09 Å². The van der Waals surface area contributed by atoms with E-state index in [0.29, 0.717) is 17.3 Å². The number of morpholine rings is 1. The molecule has 8 nitrogen and oxygen atoms in total. The van der Waals surface area contributed by atoms with E-state index in [9.17, 15) is 9.90 Å². The smallest absolute Gasteiger partial charge is 0.416 e. The van der Waals surface area contributed by atoms with Crippen LogP contribution in [-0.2, 0) is 4.74 Å². The first-order valence-corrected chi connectivity index (χ1v) is 11.4. The molecule has 4 aromatic rings. The van der Waals surface area contributed by atoms with Crippen LogP contribution < -0.4 is 15.1 Å². The molecule has 1 saturated heterocycles. The van der Waals surface area contributed by atoms with Gasteiger partial charge in [-0.05, 0) is 54.6 Å². The molecule has 0 aliphatic carbocycles. The van der Waals surface area contributed by atoms with Crippen LogP contribution in [-0.4, -0.2) is 47.5 Å². The number of rotatable bonds is 6. The molecule has 176 valence electrons. The second-order valence-corrected chi connectivity index (χ2v) is 8.04. The fourth-order valence-corrected chi connectivity index (χ4v) is 4.01. The number of benzene rings is 3. The summed E-state index contributed by atoms with van der Waals surface area (Å²) in [7, 11) is 0. The van der Waals surface area contributed by atoms with E-state index in [4.69, 9.17) is 4.74 Å². The van der Waals surface area contributed by atoms with Gasteiger partial charge in [0.15, 0.2) is 0 Å². The van der Waals surface area contributed by atoms with Gasteiger partial charge in [0.25, 0.3) is 0 Å². The Morgan fingerprint density at radius 3 is 2.26 bits per heavy atom. The standard InChI is InChI=1S/C27H25N5O3/c33-27(34)32(23-4-2-1-3-5-23)24-10-6-20(7-11-24)25-14-15-28-26(30-25)29-21-8-12-22(13-9-21)31-16-18-35-19-17-31/h1-15H,16-19H2,(H,33,34)(H,28,29,30). The molecule has 1 fully saturated rings. The summed E-state index contributed by atoms with van der Waals surface area (Å²) in [5, 5.41) is 13.0. The lowest BCUT2D eigenvalue weighted by atomic mass is 10.1.